The predicted molar refractivity (Wildman–Crippen MR) is 51.8 cm³/mol. The summed E-state index contributed by atoms with van der Waals surface area (Å²) in [6.07, 6.45) is 2.50. The molecule has 0 aliphatic rings. The number of rotatable bonds is 9. The van der Waals surface area contributed by atoms with Crippen molar-refractivity contribution >= 4 is 5.78 Å². The van der Waals surface area contributed by atoms with Gasteiger partial charge in [0, 0.05) is 26.2 Å². The maximum Gasteiger partial charge on any atom is 0.132 e. The van der Waals surface area contributed by atoms with Crippen LogP contribution in [0.2, 0.25) is 0 Å². The van der Waals surface area contributed by atoms with Crippen LogP contribution in [0.15, 0.2) is 0 Å². The van der Waals surface area contributed by atoms with Crippen molar-refractivity contribution in [2.45, 2.75) is 33.1 Å². The molecule has 0 aromatic heterocycles. The number of carbonyl (C=O) groups excluding carboxylic acids is 1. The van der Waals surface area contributed by atoms with Gasteiger partial charge in [0.25, 0.3) is 0 Å². The maximum atomic E-state index is 10.5. The van der Waals surface area contributed by atoms with Crippen molar-refractivity contribution in [2.24, 2.45) is 0 Å². The number of hydrogen-bond donors (Lipinski definition) is 0. The highest BCUT2D eigenvalue weighted by atomic mass is 16.5. The van der Waals surface area contributed by atoms with Gasteiger partial charge in [0.05, 0.1) is 6.61 Å². The molecule has 0 aromatic rings. The van der Waals surface area contributed by atoms with Crippen molar-refractivity contribution in [3.63, 3.8) is 0 Å². The van der Waals surface area contributed by atoms with Gasteiger partial charge in [0.2, 0.25) is 0 Å². The molecular weight excluding hydrogens is 168 g/mol. The zero-order valence-electron chi connectivity index (χ0n) is 8.67. The molecule has 0 saturated carbocycles. The second kappa shape index (κ2) is 9.68. The van der Waals surface area contributed by atoms with E-state index in [0.29, 0.717) is 19.6 Å². The van der Waals surface area contributed by atoms with Gasteiger partial charge in [-0.15, -0.1) is 0 Å². The van der Waals surface area contributed by atoms with E-state index in [0.717, 1.165) is 26.1 Å². The summed E-state index contributed by atoms with van der Waals surface area (Å²) >= 11 is 0. The van der Waals surface area contributed by atoms with Crippen molar-refractivity contribution in [1.82, 2.24) is 0 Å². The minimum atomic E-state index is 0.183. The monoisotopic (exact) mass is 188 g/mol. The van der Waals surface area contributed by atoms with E-state index >= 15 is 0 Å². The van der Waals surface area contributed by atoms with E-state index in [2.05, 4.69) is 6.92 Å². The molecular formula is C10H20O3. The Kier molecular flexibility index (Phi) is 9.37. The zero-order valence-corrected chi connectivity index (χ0v) is 8.67. The van der Waals surface area contributed by atoms with E-state index in [9.17, 15) is 4.79 Å². The molecule has 0 saturated heterocycles. The molecule has 0 N–H and O–H groups in total. The summed E-state index contributed by atoms with van der Waals surface area (Å²) in [5, 5.41) is 0. The lowest BCUT2D eigenvalue weighted by Gasteiger charge is -2.03. The Morgan fingerprint density at radius 1 is 1.08 bits per heavy atom. The summed E-state index contributed by atoms with van der Waals surface area (Å²) in [5.74, 6) is 0.183. The minimum absolute atomic E-state index is 0.183. The molecule has 0 aliphatic heterocycles. The smallest absolute Gasteiger partial charge is 0.132 e. The van der Waals surface area contributed by atoms with E-state index in [-0.39, 0.29) is 5.78 Å². The summed E-state index contributed by atoms with van der Waals surface area (Å²) in [7, 11) is 0. The molecule has 0 unspecified atom stereocenters. The van der Waals surface area contributed by atoms with Gasteiger partial charge in [-0.05, 0) is 19.8 Å². The fraction of sp³-hybridized carbons (Fsp3) is 0.900. The highest BCUT2D eigenvalue weighted by molar-refractivity contribution is 5.75. The lowest BCUT2D eigenvalue weighted by Crippen LogP contribution is -2.04. The average molecular weight is 188 g/mol. The van der Waals surface area contributed by atoms with Gasteiger partial charge < -0.3 is 9.47 Å². The molecule has 0 atom stereocenters. The van der Waals surface area contributed by atoms with Crippen LogP contribution in [0.1, 0.15) is 33.1 Å². The van der Waals surface area contributed by atoms with E-state index < -0.39 is 0 Å². The molecule has 0 rings (SSSR count). The fourth-order valence-corrected chi connectivity index (χ4v) is 0.827. The van der Waals surface area contributed by atoms with Crippen LogP contribution in [0.3, 0.4) is 0 Å². The Morgan fingerprint density at radius 2 is 1.69 bits per heavy atom. The molecule has 78 valence electrons. The first-order valence-electron chi connectivity index (χ1n) is 4.92. The first-order valence-corrected chi connectivity index (χ1v) is 4.92. The van der Waals surface area contributed by atoms with Gasteiger partial charge in [-0.3, -0.25) is 4.79 Å². The topological polar surface area (TPSA) is 35.5 Å². The van der Waals surface area contributed by atoms with Gasteiger partial charge >= 0.3 is 0 Å². The standard InChI is InChI=1S/C10H20O3/c1-3-6-12-7-4-8-13-9-5-10(2)11/h3-9H2,1-2H3. The molecule has 0 fully saturated rings. The van der Waals surface area contributed by atoms with Gasteiger partial charge in [-0.25, -0.2) is 0 Å². The average Bonchev–Trinajstić information content (AvgIpc) is 2.09. The molecule has 13 heavy (non-hydrogen) atoms. The second-order valence-corrected chi connectivity index (χ2v) is 3.03. The SMILES string of the molecule is CCCOCCCOCCC(C)=O. The number of hydrogen-bond acceptors (Lipinski definition) is 3. The van der Waals surface area contributed by atoms with Crippen LogP contribution in [-0.4, -0.2) is 32.2 Å². The number of carbonyl (C=O) groups is 1. The fourth-order valence-electron chi connectivity index (χ4n) is 0.827. The molecule has 0 spiro atoms. The molecule has 0 aliphatic carbocycles. The van der Waals surface area contributed by atoms with Crippen LogP contribution in [0.4, 0.5) is 0 Å². The third-order valence-electron chi connectivity index (χ3n) is 1.52. The predicted octanol–water partition coefficient (Wildman–Crippen LogP) is 1.80. The highest BCUT2D eigenvalue weighted by Crippen LogP contribution is 1.89. The van der Waals surface area contributed by atoms with Crippen molar-refractivity contribution in [1.29, 1.82) is 0 Å². The van der Waals surface area contributed by atoms with Gasteiger partial charge in [-0.2, -0.15) is 0 Å². The van der Waals surface area contributed by atoms with Crippen LogP contribution in [-0.2, 0) is 14.3 Å². The Labute approximate surface area is 80.4 Å². The first-order chi connectivity index (χ1) is 6.27. The van der Waals surface area contributed by atoms with Gasteiger partial charge in [0.15, 0.2) is 0 Å². The van der Waals surface area contributed by atoms with Crippen molar-refractivity contribution < 1.29 is 14.3 Å². The van der Waals surface area contributed by atoms with E-state index in [1.54, 1.807) is 6.92 Å². The van der Waals surface area contributed by atoms with Gasteiger partial charge in [-0.1, -0.05) is 6.92 Å². The summed E-state index contributed by atoms with van der Waals surface area (Å²) in [5.41, 5.74) is 0. The summed E-state index contributed by atoms with van der Waals surface area (Å²) in [6.45, 7) is 6.48. The normalized spacial score (nSPS) is 10.3. The Morgan fingerprint density at radius 3 is 2.23 bits per heavy atom. The Balaban J connectivity index is 2.87. The summed E-state index contributed by atoms with van der Waals surface area (Å²) in [4.78, 5) is 10.5. The zero-order chi connectivity index (χ0) is 9.94. The summed E-state index contributed by atoms with van der Waals surface area (Å²) < 4.78 is 10.5. The molecule has 0 heterocycles. The number of Topliss-reactive ketones (excluding diaryl/α,β-unsaturated/α-hetero) is 1. The van der Waals surface area contributed by atoms with Crippen LogP contribution in [0.5, 0.6) is 0 Å². The quantitative estimate of drug-likeness (QED) is 0.517. The second-order valence-electron chi connectivity index (χ2n) is 3.03. The largest absolute Gasteiger partial charge is 0.381 e. The number of ether oxygens (including phenoxy) is 2. The Bertz CT molecular complexity index is 123. The Hall–Kier alpha value is -0.410. The molecule has 0 bridgehead atoms. The highest BCUT2D eigenvalue weighted by Gasteiger charge is 1.93. The van der Waals surface area contributed by atoms with Crippen LogP contribution >= 0.6 is 0 Å². The van der Waals surface area contributed by atoms with Crippen molar-refractivity contribution in [2.75, 3.05) is 26.4 Å². The van der Waals surface area contributed by atoms with Gasteiger partial charge in [0.1, 0.15) is 5.78 Å². The third kappa shape index (κ3) is 11.6. The van der Waals surface area contributed by atoms with Crippen LogP contribution in [0.25, 0.3) is 0 Å². The number of ketones is 1. The molecule has 0 aromatic carbocycles. The lowest BCUT2D eigenvalue weighted by atomic mass is 10.3. The van der Waals surface area contributed by atoms with Crippen LogP contribution < -0.4 is 0 Å². The van der Waals surface area contributed by atoms with Crippen molar-refractivity contribution in [3.05, 3.63) is 0 Å². The molecule has 0 amide bonds. The summed E-state index contributed by atoms with van der Waals surface area (Å²) in [6, 6.07) is 0. The molecule has 0 radical (unpaired) electrons. The van der Waals surface area contributed by atoms with E-state index in [4.69, 9.17) is 9.47 Å². The third-order valence-corrected chi connectivity index (χ3v) is 1.52. The first kappa shape index (κ1) is 12.6. The lowest BCUT2D eigenvalue weighted by molar-refractivity contribution is -0.118. The van der Waals surface area contributed by atoms with E-state index in [1.807, 2.05) is 0 Å². The molecule has 3 nitrogen and oxygen atoms in total. The van der Waals surface area contributed by atoms with E-state index in [1.165, 1.54) is 0 Å². The van der Waals surface area contributed by atoms with Crippen LogP contribution in [0, 0.1) is 0 Å². The maximum absolute atomic E-state index is 10.5. The minimum Gasteiger partial charge on any atom is -0.381 e. The van der Waals surface area contributed by atoms with Crippen molar-refractivity contribution in [3.8, 4) is 0 Å². The molecule has 3 heteroatoms.